The van der Waals surface area contributed by atoms with Crippen LogP contribution in [0, 0.1) is 0 Å². The van der Waals surface area contributed by atoms with Gasteiger partial charge in [-0.25, -0.2) is 4.79 Å². The SMILES string of the molecule is CC(C)N(CC(=O)N1CCN(c2ccc(-c3ccccc3)nn2)CC1)C(=O)NC(C)(C)C. The number of nitrogens with zero attached hydrogens (tertiary/aromatic N) is 5. The first-order valence-electron chi connectivity index (χ1n) is 11.1. The second-order valence-corrected chi connectivity index (χ2v) is 9.41. The van der Waals surface area contributed by atoms with Gasteiger partial charge in [0.25, 0.3) is 0 Å². The molecule has 1 saturated heterocycles. The molecule has 3 amide bonds. The number of benzene rings is 1. The molecule has 0 aliphatic carbocycles. The van der Waals surface area contributed by atoms with Crippen LogP contribution in [0.1, 0.15) is 34.6 Å². The number of aromatic nitrogens is 2. The Balaban J connectivity index is 1.55. The van der Waals surface area contributed by atoms with Crippen LogP contribution in [0.2, 0.25) is 0 Å². The van der Waals surface area contributed by atoms with E-state index in [9.17, 15) is 9.59 Å². The highest BCUT2D eigenvalue weighted by Gasteiger charge is 2.28. The molecule has 0 bridgehead atoms. The zero-order valence-electron chi connectivity index (χ0n) is 19.7. The summed E-state index contributed by atoms with van der Waals surface area (Å²) in [5, 5.41) is 11.7. The Kier molecular flexibility index (Phi) is 7.33. The van der Waals surface area contributed by atoms with Crippen LogP contribution in [-0.4, -0.2) is 76.2 Å². The van der Waals surface area contributed by atoms with E-state index in [0.29, 0.717) is 26.2 Å². The van der Waals surface area contributed by atoms with Crippen LogP contribution in [0.25, 0.3) is 11.3 Å². The second kappa shape index (κ2) is 9.97. The first kappa shape index (κ1) is 23.5. The molecule has 32 heavy (non-hydrogen) atoms. The van der Waals surface area contributed by atoms with E-state index in [2.05, 4.69) is 20.4 Å². The van der Waals surface area contributed by atoms with E-state index in [-0.39, 0.29) is 30.1 Å². The summed E-state index contributed by atoms with van der Waals surface area (Å²) in [4.78, 5) is 31.0. The van der Waals surface area contributed by atoms with Crippen molar-refractivity contribution in [1.82, 2.24) is 25.3 Å². The molecule has 0 radical (unpaired) electrons. The Morgan fingerprint density at radius 2 is 1.66 bits per heavy atom. The van der Waals surface area contributed by atoms with E-state index in [0.717, 1.165) is 17.1 Å². The number of urea groups is 1. The molecule has 0 atom stereocenters. The fraction of sp³-hybridized carbons (Fsp3) is 0.500. The molecular formula is C24H34N6O2. The average Bonchev–Trinajstić information content (AvgIpc) is 2.76. The molecule has 8 heteroatoms. The van der Waals surface area contributed by atoms with Crippen molar-refractivity contribution in [3.8, 4) is 11.3 Å². The maximum absolute atomic E-state index is 12.9. The Bertz CT molecular complexity index is 900. The molecule has 0 spiro atoms. The van der Waals surface area contributed by atoms with Crippen LogP contribution < -0.4 is 10.2 Å². The highest BCUT2D eigenvalue weighted by molar-refractivity contribution is 5.84. The number of anilines is 1. The van der Waals surface area contributed by atoms with Crippen molar-refractivity contribution in [1.29, 1.82) is 0 Å². The minimum Gasteiger partial charge on any atom is -0.352 e. The van der Waals surface area contributed by atoms with Gasteiger partial charge in [0.2, 0.25) is 5.91 Å². The summed E-state index contributed by atoms with van der Waals surface area (Å²) in [7, 11) is 0. The summed E-state index contributed by atoms with van der Waals surface area (Å²) in [6.07, 6.45) is 0. The van der Waals surface area contributed by atoms with Crippen LogP contribution in [0.4, 0.5) is 10.6 Å². The zero-order valence-corrected chi connectivity index (χ0v) is 19.7. The second-order valence-electron chi connectivity index (χ2n) is 9.41. The predicted molar refractivity (Wildman–Crippen MR) is 126 cm³/mol. The lowest BCUT2D eigenvalue weighted by Gasteiger charge is -2.37. The summed E-state index contributed by atoms with van der Waals surface area (Å²) in [6.45, 7) is 12.3. The van der Waals surface area contributed by atoms with Crippen molar-refractivity contribution in [3.05, 3.63) is 42.5 Å². The van der Waals surface area contributed by atoms with Crippen molar-refractivity contribution >= 4 is 17.8 Å². The van der Waals surface area contributed by atoms with Gasteiger partial charge >= 0.3 is 6.03 Å². The van der Waals surface area contributed by atoms with Crippen LogP contribution in [0.5, 0.6) is 0 Å². The predicted octanol–water partition coefficient (Wildman–Crippen LogP) is 3.01. The van der Waals surface area contributed by atoms with Gasteiger partial charge in [0.1, 0.15) is 6.54 Å². The standard InChI is InChI=1S/C24H34N6O2/c1-18(2)30(23(32)25-24(3,4)5)17-22(31)29-15-13-28(14-16-29)21-12-11-20(26-27-21)19-9-7-6-8-10-19/h6-12,18H,13-17H2,1-5H3,(H,25,32). The van der Waals surface area contributed by atoms with Gasteiger partial charge in [0.15, 0.2) is 5.82 Å². The van der Waals surface area contributed by atoms with Gasteiger partial charge in [0, 0.05) is 43.3 Å². The first-order valence-corrected chi connectivity index (χ1v) is 11.1. The number of piperazine rings is 1. The van der Waals surface area contributed by atoms with Crippen LogP contribution in [0.15, 0.2) is 42.5 Å². The third-order valence-corrected chi connectivity index (χ3v) is 5.35. The number of carbonyl (C=O) groups excluding carboxylic acids is 2. The molecule has 0 unspecified atom stereocenters. The van der Waals surface area contributed by atoms with Crippen LogP contribution in [0.3, 0.4) is 0 Å². The monoisotopic (exact) mass is 438 g/mol. The molecule has 0 saturated carbocycles. The molecule has 2 heterocycles. The molecule has 1 aromatic heterocycles. The Labute approximate surface area is 190 Å². The van der Waals surface area contributed by atoms with Crippen molar-refractivity contribution in [2.24, 2.45) is 0 Å². The summed E-state index contributed by atoms with van der Waals surface area (Å²) >= 11 is 0. The molecule has 2 aromatic rings. The number of nitrogens with one attached hydrogen (secondary N) is 1. The van der Waals surface area contributed by atoms with Gasteiger partial charge in [-0.3, -0.25) is 4.79 Å². The topological polar surface area (TPSA) is 81.7 Å². The third-order valence-electron chi connectivity index (χ3n) is 5.35. The summed E-state index contributed by atoms with van der Waals surface area (Å²) in [5.41, 5.74) is 1.52. The Morgan fingerprint density at radius 3 is 2.19 bits per heavy atom. The average molecular weight is 439 g/mol. The molecule has 1 aliphatic heterocycles. The van der Waals surface area contributed by atoms with Crippen LogP contribution >= 0.6 is 0 Å². The highest BCUT2D eigenvalue weighted by Crippen LogP contribution is 2.19. The molecule has 1 aromatic carbocycles. The normalized spacial score (nSPS) is 14.4. The maximum atomic E-state index is 12.9. The van der Waals surface area contributed by atoms with Gasteiger partial charge < -0.3 is 20.0 Å². The number of amides is 3. The van der Waals surface area contributed by atoms with E-state index in [1.807, 2.05) is 82.0 Å². The lowest BCUT2D eigenvalue weighted by molar-refractivity contribution is -0.132. The molecule has 172 valence electrons. The maximum Gasteiger partial charge on any atom is 0.318 e. The molecule has 3 rings (SSSR count). The lowest BCUT2D eigenvalue weighted by atomic mass is 10.1. The van der Waals surface area contributed by atoms with Gasteiger partial charge in [-0.1, -0.05) is 30.3 Å². The van der Waals surface area contributed by atoms with Gasteiger partial charge in [-0.05, 0) is 46.8 Å². The van der Waals surface area contributed by atoms with E-state index >= 15 is 0 Å². The fourth-order valence-electron chi connectivity index (χ4n) is 3.57. The quantitative estimate of drug-likeness (QED) is 0.776. The van der Waals surface area contributed by atoms with E-state index < -0.39 is 0 Å². The zero-order chi connectivity index (χ0) is 23.3. The third kappa shape index (κ3) is 6.18. The number of hydrogen-bond acceptors (Lipinski definition) is 5. The summed E-state index contributed by atoms with van der Waals surface area (Å²) in [5.74, 6) is 0.776. The van der Waals surface area contributed by atoms with E-state index in [4.69, 9.17) is 0 Å². The number of rotatable bonds is 5. The van der Waals surface area contributed by atoms with Gasteiger partial charge in [-0.2, -0.15) is 0 Å². The minimum absolute atomic E-state index is 0.0343. The smallest absolute Gasteiger partial charge is 0.318 e. The highest BCUT2D eigenvalue weighted by atomic mass is 16.2. The molecule has 8 nitrogen and oxygen atoms in total. The number of hydrogen-bond donors (Lipinski definition) is 1. The van der Waals surface area contributed by atoms with Crippen molar-refractivity contribution in [3.63, 3.8) is 0 Å². The molecule has 1 fully saturated rings. The molecular weight excluding hydrogens is 404 g/mol. The molecule has 1 N–H and O–H groups in total. The molecule has 1 aliphatic rings. The van der Waals surface area contributed by atoms with Crippen molar-refractivity contribution in [2.45, 2.75) is 46.2 Å². The lowest BCUT2D eigenvalue weighted by Crippen LogP contribution is -2.56. The van der Waals surface area contributed by atoms with Crippen molar-refractivity contribution in [2.75, 3.05) is 37.6 Å². The minimum atomic E-state index is -0.351. The fourth-order valence-corrected chi connectivity index (χ4v) is 3.57. The Hall–Kier alpha value is -3.16. The van der Waals surface area contributed by atoms with Gasteiger partial charge in [0.05, 0.1) is 5.69 Å². The first-order chi connectivity index (χ1) is 15.1. The van der Waals surface area contributed by atoms with Gasteiger partial charge in [-0.15, -0.1) is 10.2 Å². The van der Waals surface area contributed by atoms with E-state index in [1.165, 1.54) is 0 Å². The number of carbonyl (C=O) groups is 2. The Morgan fingerprint density at radius 1 is 1.00 bits per heavy atom. The van der Waals surface area contributed by atoms with Crippen molar-refractivity contribution < 1.29 is 9.59 Å². The van der Waals surface area contributed by atoms with E-state index in [1.54, 1.807) is 4.90 Å². The summed E-state index contributed by atoms with van der Waals surface area (Å²) in [6, 6.07) is 13.6. The largest absolute Gasteiger partial charge is 0.352 e. The summed E-state index contributed by atoms with van der Waals surface area (Å²) < 4.78 is 0. The van der Waals surface area contributed by atoms with Crippen LogP contribution in [-0.2, 0) is 4.79 Å².